The second-order valence-corrected chi connectivity index (χ2v) is 4.24. The van der Waals surface area contributed by atoms with Gasteiger partial charge in [0.25, 0.3) is 0 Å². The summed E-state index contributed by atoms with van der Waals surface area (Å²) in [6, 6.07) is 4.79. The van der Waals surface area contributed by atoms with Crippen molar-refractivity contribution in [2.45, 2.75) is 26.7 Å². The molecule has 0 bridgehead atoms. The largest absolute Gasteiger partial charge is 0.306 e. The first-order valence-electron chi connectivity index (χ1n) is 5.51. The van der Waals surface area contributed by atoms with E-state index in [2.05, 4.69) is 11.9 Å². The van der Waals surface area contributed by atoms with Gasteiger partial charge in [-0.05, 0) is 70.1 Å². The van der Waals surface area contributed by atoms with Gasteiger partial charge in [0.2, 0.25) is 0 Å². The lowest BCUT2D eigenvalue weighted by Gasteiger charge is -2.01. The molecule has 0 amide bonds. The molecule has 84 valence electrons. The highest BCUT2D eigenvalue weighted by Crippen LogP contribution is 2.07. The predicted molar refractivity (Wildman–Crippen MR) is 62.6 cm³/mol. The lowest BCUT2D eigenvalue weighted by molar-refractivity contribution is 0.418. The second kappa shape index (κ2) is 5.86. The highest BCUT2D eigenvalue weighted by molar-refractivity contribution is 5.24. The van der Waals surface area contributed by atoms with Crippen molar-refractivity contribution in [2.75, 3.05) is 20.1 Å². The third kappa shape index (κ3) is 4.43. The van der Waals surface area contributed by atoms with E-state index in [1.165, 1.54) is 38.1 Å². The van der Waals surface area contributed by atoms with Gasteiger partial charge in [0.1, 0.15) is 5.82 Å². The fraction of sp³-hybridized carbons (Fsp3) is 0.538. The Morgan fingerprint density at radius 1 is 1.07 bits per heavy atom. The van der Waals surface area contributed by atoms with Crippen molar-refractivity contribution >= 4 is 0 Å². The Morgan fingerprint density at radius 3 is 2.00 bits per heavy atom. The van der Waals surface area contributed by atoms with E-state index in [1.54, 1.807) is 6.07 Å². The standard InChI is InChI=1S/C8H9F.C5H11N/c1-6-3-4-8(9)5-7(6)2;1-6-4-2-3-5-6/h3-5H,1-2H3;2-5H2,1H3. The molecule has 1 aliphatic rings. The van der Waals surface area contributed by atoms with Crippen molar-refractivity contribution in [1.82, 2.24) is 4.90 Å². The maximum absolute atomic E-state index is 12.3. The number of hydrogen-bond acceptors (Lipinski definition) is 1. The molecule has 0 radical (unpaired) electrons. The number of aryl methyl sites for hydroxylation is 2. The van der Waals surface area contributed by atoms with Gasteiger partial charge in [0.15, 0.2) is 0 Å². The van der Waals surface area contributed by atoms with Gasteiger partial charge in [-0.1, -0.05) is 6.07 Å². The van der Waals surface area contributed by atoms with Crippen molar-refractivity contribution < 1.29 is 4.39 Å². The molecule has 0 spiro atoms. The normalized spacial score (nSPS) is 16.0. The predicted octanol–water partition coefficient (Wildman–Crippen LogP) is 3.15. The number of hydrogen-bond donors (Lipinski definition) is 0. The summed E-state index contributed by atoms with van der Waals surface area (Å²) in [7, 11) is 2.17. The molecule has 2 heteroatoms. The Morgan fingerprint density at radius 2 is 1.67 bits per heavy atom. The number of nitrogens with zero attached hydrogens (tertiary/aromatic N) is 1. The molecule has 1 heterocycles. The lowest BCUT2D eigenvalue weighted by atomic mass is 10.1. The van der Waals surface area contributed by atoms with Crippen LogP contribution >= 0.6 is 0 Å². The number of rotatable bonds is 0. The van der Waals surface area contributed by atoms with E-state index in [4.69, 9.17) is 0 Å². The van der Waals surface area contributed by atoms with E-state index in [-0.39, 0.29) is 5.82 Å². The summed E-state index contributed by atoms with van der Waals surface area (Å²) in [5, 5.41) is 0. The molecule has 0 aliphatic carbocycles. The van der Waals surface area contributed by atoms with Crippen LogP contribution < -0.4 is 0 Å². The zero-order chi connectivity index (χ0) is 11.3. The molecule has 15 heavy (non-hydrogen) atoms. The van der Waals surface area contributed by atoms with Crippen molar-refractivity contribution in [1.29, 1.82) is 0 Å². The monoisotopic (exact) mass is 209 g/mol. The summed E-state index contributed by atoms with van der Waals surface area (Å²) in [6.45, 7) is 6.51. The minimum atomic E-state index is -0.155. The number of likely N-dealkylation sites (tertiary alicyclic amines) is 1. The van der Waals surface area contributed by atoms with E-state index >= 15 is 0 Å². The quantitative estimate of drug-likeness (QED) is 0.634. The number of benzene rings is 1. The molecular weight excluding hydrogens is 189 g/mol. The Labute approximate surface area is 91.9 Å². The topological polar surface area (TPSA) is 3.24 Å². The van der Waals surface area contributed by atoms with E-state index < -0.39 is 0 Å². The van der Waals surface area contributed by atoms with Crippen LogP contribution in [0, 0.1) is 19.7 Å². The average Bonchev–Trinajstić information content (AvgIpc) is 2.64. The van der Waals surface area contributed by atoms with E-state index in [0.717, 1.165) is 11.1 Å². The zero-order valence-corrected chi connectivity index (χ0v) is 9.89. The maximum Gasteiger partial charge on any atom is 0.123 e. The van der Waals surface area contributed by atoms with Crippen molar-refractivity contribution in [3.8, 4) is 0 Å². The molecular formula is C13H20FN. The molecule has 1 fully saturated rings. The first-order chi connectivity index (χ1) is 7.09. The SMILES string of the molecule is CN1CCCC1.Cc1ccc(F)cc1C. The van der Waals surface area contributed by atoms with E-state index in [1.807, 2.05) is 13.8 Å². The molecule has 0 unspecified atom stereocenters. The fourth-order valence-corrected chi connectivity index (χ4v) is 1.58. The molecule has 0 N–H and O–H groups in total. The summed E-state index contributed by atoms with van der Waals surface area (Å²) in [4.78, 5) is 2.36. The van der Waals surface area contributed by atoms with Crippen LogP contribution in [-0.4, -0.2) is 25.0 Å². The molecule has 1 aromatic rings. The molecule has 1 saturated heterocycles. The summed E-state index contributed by atoms with van der Waals surface area (Å²) in [5.74, 6) is -0.155. The third-order valence-electron chi connectivity index (χ3n) is 2.80. The second-order valence-electron chi connectivity index (χ2n) is 4.24. The van der Waals surface area contributed by atoms with Crippen LogP contribution in [0.5, 0.6) is 0 Å². The van der Waals surface area contributed by atoms with Crippen molar-refractivity contribution in [2.24, 2.45) is 0 Å². The first kappa shape index (κ1) is 12.2. The van der Waals surface area contributed by atoms with Crippen molar-refractivity contribution in [3.63, 3.8) is 0 Å². The Balaban J connectivity index is 0.000000162. The molecule has 1 aromatic carbocycles. The summed E-state index contributed by atoms with van der Waals surface area (Å²) in [5.41, 5.74) is 2.14. The van der Waals surface area contributed by atoms with Crippen LogP contribution in [-0.2, 0) is 0 Å². The zero-order valence-electron chi connectivity index (χ0n) is 9.89. The molecule has 1 aliphatic heterocycles. The van der Waals surface area contributed by atoms with Crippen LogP contribution in [0.15, 0.2) is 18.2 Å². The molecule has 1 nitrogen and oxygen atoms in total. The van der Waals surface area contributed by atoms with Crippen LogP contribution in [0.25, 0.3) is 0 Å². The molecule has 2 rings (SSSR count). The van der Waals surface area contributed by atoms with Gasteiger partial charge < -0.3 is 4.90 Å². The van der Waals surface area contributed by atoms with Gasteiger partial charge >= 0.3 is 0 Å². The fourth-order valence-electron chi connectivity index (χ4n) is 1.58. The van der Waals surface area contributed by atoms with Gasteiger partial charge in [0, 0.05) is 0 Å². The third-order valence-corrected chi connectivity index (χ3v) is 2.80. The van der Waals surface area contributed by atoms with Crippen LogP contribution in [0.2, 0.25) is 0 Å². The maximum atomic E-state index is 12.3. The lowest BCUT2D eigenvalue weighted by Crippen LogP contribution is -2.10. The molecule has 0 atom stereocenters. The van der Waals surface area contributed by atoms with Gasteiger partial charge in [-0.2, -0.15) is 0 Å². The van der Waals surface area contributed by atoms with Gasteiger partial charge in [-0.3, -0.25) is 0 Å². The van der Waals surface area contributed by atoms with E-state index in [9.17, 15) is 4.39 Å². The van der Waals surface area contributed by atoms with Crippen LogP contribution in [0.4, 0.5) is 4.39 Å². The average molecular weight is 209 g/mol. The van der Waals surface area contributed by atoms with Gasteiger partial charge in [-0.15, -0.1) is 0 Å². The minimum absolute atomic E-state index is 0.155. The Hall–Kier alpha value is -0.890. The van der Waals surface area contributed by atoms with Crippen LogP contribution in [0.3, 0.4) is 0 Å². The number of halogens is 1. The van der Waals surface area contributed by atoms with Crippen LogP contribution in [0.1, 0.15) is 24.0 Å². The molecule has 0 aromatic heterocycles. The van der Waals surface area contributed by atoms with Crippen molar-refractivity contribution in [3.05, 3.63) is 35.1 Å². The highest BCUT2D eigenvalue weighted by Gasteiger charge is 2.03. The summed E-state index contributed by atoms with van der Waals surface area (Å²) < 4.78 is 12.3. The molecule has 0 saturated carbocycles. The minimum Gasteiger partial charge on any atom is -0.306 e. The van der Waals surface area contributed by atoms with Gasteiger partial charge in [0.05, 0.1) is 0 Å². The highest BCUT2D eigenvalue weighted by atomic mass is 19.1. The summed E-state index contributed by atoms with van der Waals surface area (Å²) >= 11 is 0. The Bertz CT molecular complexity index is 303. The van der Waals surface area contributed by atoms with E-state index in [0.29, 0.717) is 0 Å². The summed E-state index contributed by atoms with van der Waals surface area (Å²) in [6.07, 6.45) is 2.83. The van der Waals surface area contributed by atoms with Gasteiger partial charge in [-0.25, -0.2) is 4.39 Å². The Kier molecular flexibility index (Phi) is 4.76. The first-order valence-corrected chi connectivity index (χ1v) is 5.51. The smallest absolute Gasteiger partial charge is 0.123 e.